The fourth-order valence-corrected chi connectivity index (χ4v) is 2.58. The zero-order chi connectivity index (χ0) is 13.4. The molecule has 18 heavy (non-hydrogen) atoms. The van der Waals surface area contributed by atoms with E-state index in [2.05, 4.69) is 0 Å². The topological polar surface area (TPSA) is 66.8 Å². The predicted molar refractivity (Wildman–Crippen MR) is 71.6 cm³/mol. The van der Waals surface area contributed by atoms with Gasteiger partial charge in [-0.15, -0.1) is 0 Å². The number of aliphatic hydroxyl groups is 2. The number of ether oxygens (including phenoxy) is 1. The number of carbonyl (C=O) groups excluding carboxylic acids is 1. The third-order valence-corrected chi connectivity index (χ3v) is 3.68. The molecule has 0 aliphatic carbocycles. The second-order valence-electron chi connectivity index (χ2n) is 3.86. The third kappa shape index (κ3) is 4.68. The molecule has 2 unspecified atom stereocenters. The van der Waals surface area contributed by atoms with Crippen LogP contribution < -0.4 is 0 Å². The van der Waals surface area contributed by atoms with Crippen LogP contribution in [0.2, 0.25) is 0 Å². The van der Waals surface area contributed by atoms with E-state index >= 15 is 0 Å². The van der Waals surface area contributed by atoms with Crippen LogP contribution in [0.4, 0.5) is 0 Å². The molecular weight excluding hydrogens is 252 g/mol. The number of aliphatic hydroxyl groups excluding tert-OH is 2. The van der Waals surface area contributed by atoms with Gasteiger partial charge in [0.15, 0.2) is 0 Å². The first-order chi connectivity index (χ1) is 8.69. The first kappa shape index (κ1) is 15.0. The summed E-state index contributed by atoms with van der Waals surface area (Å²) in [6, 6.07) is 9.40. The Labute approximate surface area is 111 Å². The highest BCUT2D eigenvalue weighted by molar-refractivity contribution is 7.99. The molecule has 0 fully saturated rings. The highest BCUT2D eigenvalue weighted by atomic mass is 32.2. The molecule has 0 aliphatic rings. The number of esters is 1. The van der Waals surface area contributed by atoms with Gasteiger partial charge in [-0.05, 0) is 5.56 Å². The fraction of sp³-hybridized carbons (Fsp3) is 0.462. The summed E-state index contributed by atoms with van der Waals surface area (Å²) < 4.78 is 4.79. The molecular formula is C13H18O4S. The average molecular weight is 270 g/mol. The van der Waals surface area contributed by atoms with Crippen molar-refractivity contribution in [3.8, 4) is 0 Å². The third-order valence-electron chi connectivity index (χ3n) is 2.49. The summed E-state index contributed by atoms with van der Waals surface area (Å²) in [6.45, 7) is -0.263. The lowest BCUT2D eigenvalue weighted by Gasteiger charge is -2.15. The van der Waals surface area contributed by atoms with Crippen LogP contribution in [0.1, 0.15) is 11.5 Å². The van der Waals surface area contributed by atoms with E-state index in [1.807, 2.05) is 30.3 Å². The minimum absolute atomic E-state index is 0.263. The monoisotopic (exact) mass is 270 g/mol. The maximum Gasteiger partial charge on any atom is 0.313 e. The number of benzene rings is 1. The molecule has 0 aliphatic heterocycles. The average Bonchev–Trinajstić information content (AvgIpc) is 2.43. The minimum atomic E-state index is -0.746. The molecule has 2 atom stereocenters. The van der Waals surface area contributed by atoms with Gasteiger partial charge in [0.2, 0.25) is 0 Å². The van der Waals surface area contributed by atoms with Gasteiger partial charge in [-0.1, -0.05) is 30.3 Å². The number of hydrogen-bond donors (Lipinski definition) is 2. The van der Waals surface area contributed by atoms with Gasteiger partial charge in [0.05, 0.1) is 25.7 Å². The highest BCUT2D eigenvalue weighted by Gasteiger charge is 2.21. The summed E-state index contributed by atoms with van der Waals surface area (Å²) in [5.74, 6) is 0.296. The number of rotatable bonds is 7. The number of thioether (sulfide) groups is 1. The Morgan fingerprint density at radius 3 is 2.56 bits per heavy atom. The molecule has 0 saturated carbocycles. The summed E-state index contributed by atoms with van der Waals surface area (Å²) >= 11 is 1.42. The highest BCUT2D eigenvalue weighted by Crippen LogP contribution is 2.22. The lowest BCUT2D eigenvalue weighted by Crippen LogP contribution is -2.19. The normalized spacial score (nSPS) is 13.9. The molecule has 0 saturated heterocycles. The Kier molecular flexibility index (Phi) is 6.78. The molecule has 0 amide bonds. The smallest absolute Gasteiger partial charge is 0.313 e. The Morgan fingerprint density at radius 2 is 2.00 bits per heavy atom. The molecule has 2 N–H and O–H groups in total. The van der Waals surface area contributed by atoms with Gasteiger partial charge < -0.3 is 14.9 Å². The van der Waals surface area contributed by atoms with Crippen molar-refractivity contribution in [2.75, 3.05) is 25.2 Å². The van der Waals surface area contributed by atoms with E-state index in [0.29, 0.717) is 11.5 Å². The van der Waals surface area contributed by atoms with Crippen LogP contribution in [0.3, 0.4) is 0 Å². The predicted octanol–water partition coefficient (Wildman–Crippen LogP) is 1.03. The largest absolute Gasteiger partial charge is 0.469 e. The second kappa shape index (κ2) is 8.13. The summed E-state index contributed by atoms with van der Waals surface area (Å²) in [6.07, 6.45) is -0.746. The van der Waals surface area contributed by atoms with E-state index in [9.17, 15) is 9.90 Å². The van der Waals surface area contributed by atoms with Gasteiger partial charge >= 0.3 is 5.97 Å². The molecule has 1 aromatic rings. The van der Waals surface area contributed by atoms with Crippen molar-refractivity contribution in [3.05, 3.63) is 35.9 Å². The van der Waals surface area contributed by atoms with E-state index in [4.69, 9.17) is 9.84 Å². The fourth-order valence-electron chi connectivity index (χ4n) is 1.50. The number of carbonyl (C=O) groups is 1. The molecule has 4 nitrogen and oxygen atoms in total. The summed E-state index contributed by atoms with van der Waals surface area (Å²) in [5.41, 5.74) is 0.898. The second-order valence-corrected chi connectivity index (χ2v) is 4.94. The van der Waals surface area contributed by atoms with Gasteiger partial charge in [0, 0.05) is 11.5 Å². The van der Waals surface area contributed by atoms with E-state index in [1.165, 1.54) is 18.9 Å². The molecule has 0 radical (unpaired) electrons. The van der Waals surface area contributed by atoms with Gasteiger partial charge in [0.1, 0.15) is 0 Å². The van der Waals surface area contributed by atoms with E-state index in [-0.39, 0.29) is 18.5 Å². The molecule has 0 heterocycles. The van der Waals surface area contributed by atoms with Crippen LogP contribution in [-0.2, 0) is 9.53 Å². The van der Waals surface area contributed by atoms with E-state index in [1.54, 1.807) is 0 Å². The number of hydrogen-bond acceptors (Lipinski definition) is 5. The van der Waals surface area contributed by atoms with Crippen LogP contribution in [0.25, 0.3) is 0 Å². The molecule has 5 heteroatoms. The first-order valence-corrected chi connectivity index (χ1v) is 6.84. The lowest BCUT2D eigenvalue weighted by molar-refractivity contribution is -0.141. The molecule has 0 aromatic heterocycles. The van der Waals surface area contributed by atoms with Crippen molar-refractivity contribution < 1.29 is 19.7 Å². The summed E-state index contributed by atoms with van der Waals surface area (Å²) in [5, 5.41) is 18.0. The number of methoxy groups -OCH3 is 1. The molecule has 0 spiro atoms. The van der Waals surface area contributed by atoms with Crippen molar-refractivity contribution in [2.24, 2.45) is 0 Å². The van der Waals surface area contributed by atoms with Crippen molar-refractivity contribution in [3.63, 3.8) is 0 Å². The zero-order valence-corrected chi connectivity index (χ0v) is 11.1. The van der Waals surface area contributed by atoms with Crippen LogP contribution in [0.15, 0.2) is 30.3 Å². The van der Waals surface area contributed by atoms with E-state index in [0.717, 1.165) is 5.56 Å². The van der Waals surface area contributed by atoms with E-state index < -0.39 is 6.10 Å². The summed E-state index contributed by atoms with van der Waals surface area (Å²) in [7, 11) is 1.37. The van der Waals surface area contributed by atoms with Gasteiger partial charge in [-0.2, -0.15) is 11.8 Å². The zero-order valence-electron chi connectivity index (χ0n) is 10.3. The first-order valence-electron chi connectivity index (χ1n) is 5.68. The molecule has 1 aromatic carbocycles. The standard InChI is InChI=1S/C13H18O4S/c1-17-13(16)12(9-18-8-11(15)7-14)10-5-3-2-4-6-10/h2-6,11-12,14-15H,7-9H2,1H3. The van der Waals surface area contributed by atoms with Crippen molar-refractivity contribution in [2.45, 2.75) is 12.0 Å². The van der Waals surface area contributed by atoms with Gasteiger partial charge in [0.25, 0.3) is 0 Å². The van der Waals surface area contributed by atoms with Crippen LogP contribution in [0, 0.1) is 0 Å². The molecule has 100 valence electrons. The maximum atomic E-state index is 11.7. The van der Waals surface area contributed by atoms with Crippen molar-refractivity contribution in [1.29, 1.82) is 0 Å². The van der Waals surface area contributed by atoms with Gasteiger partial charge in [-0.3, -0.25) is 4.79 Å². The van der Waals surface area contributed by atoms with Gasteiger partial charge in [-0.25, -0.2) is 0 Å². The van der Waals surface area contributed by atoms with Crippen molar-refractivity contribution >= 4 is 17.7 Å². The molecule has 0 bridgehead atoms. The Bertz CT molecular complexity index is 355. The SMILES string of the molecule is COC(=O)C(CSCC(O)CO)c1ccccc1. The Balaban J connectivity index is 2.60. The maximum absolute atomic E-state index is 11.7. The lowest BCUT2D eigenvalue weighted by atomic mass is 10.0. The Hall–Kier alpha value is -1.04. The molecule has 1 rings (SSSR count). The van der Waals surface area contributed by atoms with Crippen molar-refractivity contribution in [1.82, 2.24) is 0 Å². The summed E-state index contributed by atoms with van der Waals surface area (Å²) in [4.78, 5) is 11.7. The van der Waals surface area contributed by atoms with Crippen LogP contribution in [0.5, 0.6) is 0 Å². The van der Waals surface area contributed by atoms with Crippen LogP contribution >= 0.6 is 11.8 Å². The Morgan fingerprint density at radius 1 is 1.33 bits per heavy atom. The minimum Gasteiger partial charge on any atom is -0.469 e. The van der Waals surface area contributed by atoms with Crippen LogP contribution in [-0.4, -0.2) is 47.5 Å². The quantitative estimate of drug-likeness (QED) is 0.724.